The van der Waals surface area contributed by atoms with Gasteiger partial charge < -0.3 is 10.2 Å². The maximum atomic E-state index is 11.3. The first-order valence-corrected chi connectivity index (χ1v) is 4.72. The van der Waals surface area contributed by atoms with Crippen LogP contribution in [0.4, 0.5) is 0 Å². The lowest BCUT2D eigenvalue weighted by Crippen LogP contribution is -2.46. The van der Waals surface area contributed by atoms with E-state index in [1.807, 2.05) is 18.9 Å². The molecule has 1 saturated heterocycles. The normalized spacial score (nSPS) is 21.8. The SMILES string of the molecule is CCC(=O)N(C)[C@H]1CCCNC1.Cl. The van der Waals surface area contributed by atoms with Gasteiger partial charge in [-0.3, -0.25) is 4.79 Å². The second-order valence-electron chi connectivity index (χ2n) is 3.36. The summed E-state index contributed by atoms with van der Waals surface area (Å²) in [5, 5.41) is 3.30. The van der Waals surface area contributed by atoms with Gasteiger partial charge in [0.25, 0.3) is 0 Å². The third kappa shape index (κ3) is 3.53. The number of hydrogen-bond acceptors (Lipinski definition) is 2. The Balaban J connectivity index is 0.00000144. The van der Waals surface area contributed by atoms with Crippen LogP contribution < -0.4 is 5.32 Å². The van der Waals surface area contributed by atoms with Gasteiger partial charge in [-0.05, 0) is 19.4 Å². The average molecular weight is 207 g/mol. The second-order valence-corrected chi connectivity index (χ2v) is 3.36. The first kappa shape index (κ1) is 12.7. The number of rotatable bonds is 2. The van der Waals surface area contributed by atoms with Gasteiger partial charge in [0.15, 0.2) is 0 Å². The zero-order valence-electron chi connectivity index (χ0n) is 8.38. The fourth-order valence-corrected chi connectivity index (χ4v) is 1.62. The van der Waals surface area contributed by atoms with Crippen molar-refractivity contribution in [3.05, 3.63) is 0 Å². The topological polar surface area (TPSA) is 32.3 Å². The number of halogens is 1. The van der Waals surface area contributed by atoms with Crippen molar-refractivity contribution in [3.8, 4) is 0 Å². The molecule has 1 aliphatic rings. The van der Waals surface area contributed by atoms with Gasteiger partial charge in [-0.1, -0.05) is 6.92 Å². The molecule has 1 aliphatic heterocycles. The van der Waals surface area contributed by atoms with Crippen molar-refractivity contribution < 1.29 is 4.79 Å². The van der Waals surface area contributed by atoms with Crippen molar-refractivity contribution in [3.63, 3.8) is 0 Å². The van der Waals surface area contributed by atoms with Gasteiger partial charge in [-0.2, -0.15) is 0 Å². The number of carbonyl (C=O) groups excluding carboxylic acids is 1. The molecule has 0 aromatic rings. The van der Waals surface area contributed by atoms with Crippen molar-refractivity contribution in [2.24, 2.45) is 0 Å². The van der Waals surface area contributed by atoms with Crippen molar-refractivity contribution in [1.82, 2.24) is 10.2 Å². The minimum absolute atomic E-state index is 0. The zero-order valence-corrected chi connectivity index (χ0v) is 9.19. The lowest BCUT2D eigenvalue weighted by Gasteiger charge is -2.31. The fourth-order valence-electron chi connectivity index (χ4n) is 1.62. The minimum atomic E-state index is 0. The third-order valence-corrected chi connectivity index (χ3v) is 2.51. The molecular formula is C9H19ClN2O. The van der Waals surface area contributed by atoms with Gasteiger partial charge >= 0.3 is 0 Å². The molecule has 1 heterocycles. The van der Waals surface area contributed by atoms with E-state index < -0.39 is 0 Å². The summed E-state index contributed by atoms with van der Waals surface area (Å²) in [5.74, 6) is 0.253. The third-order valence-electron chi connectivity index (χ3n) is 2.51. The lowest BCUT2D eigenvalue weighted by atomic mass is 10.1. The summed E-state index contributed by atoms with van der Waals surface area (Å²) in [6, 6.07) is 0.422. The highest BCUT2D eigenvalue weighted by Crippen LogP contribution is 2.09. The molecule has 0 aromatic heterocycles. The molecule has 1 N–H and O–H groups in total. The highest BCUT2D eigenvalue weighted by molar-refractivity contribution is 5.85. The maximum absolute atomic E-state index is 11.3. The van der Waals surface area contributed by atoms with E-state index in [2.05, 4.69) is 5.32 Å². The minimum Gasteiger partial charge on any atom is -0.342 e. The number of amides is 1. The van der Waals surface area contributed by atoms with Crippen molar-refractivity contribution in [1.29, 1.82) is 0 Å². The van der Waals surface area contributed by atoms with Crippen LogP contribution in [0, 0.1) is 0 Å². The van der Waals surface area contributed by atoms with E-state index in [1.165, 1.54) is 6.42 Å². The molecule has 0 saturated carbocycles. The van der Waals surface area contributed by atoms with Gasteiger partial charge in [-0.15, -0.1) is 12.4 Å². The molecular weight excluding hydrogens is 188 g/mol. The van der Waals surface area contributed by atoms with Crippen molar-refractivity contribution in [2.75, 3.05) is 20.1 Å². The molecule has 0 aliphatic carbocycles. The number of piperidine rings is 1. The molecule has 0 radical (unpaired) electrons. The average Bonchev–Trinajstić information content (AvgIpc) is 2.17. The molecule has 1 atom stereocenters. The largest absolute Gasteiger partial charge is 0.342 e. The molecule has 1 amide bonds. The van der Waals surface area contributed by atoms with E-state index in [1.54, 1.807) is 0 Å². The number of hydrogen-bond donors (Lipinski definition) is 1. The van der Waals surface area contributed by atoms with Gasteiger partial charge in [-0.25, -0.2) is 0 Å². The van der Waals surface area contributed by atoms with E-state index in [-0.39, 0.29) is 18.3 Å². The summed E-state index contributed by atoms with van der Waals surface area (Å²) in [4.78, 5) is 13.2. The number of likely N-dealkylation sites (N-methyl/N-ethyl adjacent to an activating group) is 1. The van der Waals surface area contributed by atoms with Gasteiger partial charge in [0.2, 0.25) is 5.91 Å². The lowest BCUT2D eigenvalue weighted by molar-refractivity contribution is -0.131. The Morgan fingerprint density at radius 1 is 1.62 bits per heavy atom. The Labute approximate surface area is 86.3 Å². The Bertz CT molecular complexity index is 158. The summed E-state index contributed by atoms with van der Waals surface area (Å²) >= 11 is 0. The van der Waals surface area contributed by atoms with Crippen LogP contribution in [-0.4, -0.2) is 37.0 Å². The smallest absolute Gasteiger partial charge is 0.222 e. The second kappa shape index (κ2) is 6.22. The maximum Gasteiger partial charge on any atom is 0.222 e. The molecule has 13 heavy (non-hydrogen) atoms. The predicted octanol–water partition coefficient (Wildman–Crippen LogP) is 1.03. The molecule has 1 fully saturated rings. The molecule has 78 valence electrons. The summed E-state index contributed by atoms with van der Waals surface area (Å²) in [6.07, 6.45) is 2.95. The van der Waals surface area contributed by atoms with E-state index in [9.17, 15) is 4.79 Å². The van der Waals surface area contributed by atoms with E-state index in [4.69, 9.17) is 0 Å². The molecule has 4 heteroatoms. The highest BCUT2D eigenvalue weighted by Gasteiger charge is 2.20. The zero-order chi connectivity index (χ0) is 8.97. The summed E-state index contributed by atoms with van der Waals surface area (Å²) in [6.45, 7) is 3.97. The predicted molar refractivity (Wildman–Crippen MR) is 56.2 cm³/mol. The van der Waals surface area contributed by atoms with Crippen molar-refractivity contribution in [2.45, 2.75) is 32.2 Å². The Kier molecular flexibility index (Phi) is 6.08. The molecule has 3 nitrogen and oxygen atoms in total. The number of nitrogens with one attached hydrogen (secondary N) is 1. The summed E-state index contributed by atoms with van der Waals surface area (Å²) < 4.78 is 0. The van der Waals surface area contributed by atoms with E-state index >= 15 is 0 Å². The Hall–Kier alpha value is -0.280. The molecule has 1 rings (SSSR count). The molecule has 0 bridgehead atoms. The van der Waals surface area contributed by atoms with Crippen LogP contribution in [0.3, 0.4) is 0 Å². The standard InChI is InChI=1S/C9H18N2O.ClH/c1-3-9(12)11(2)8-5-4-6-10-7-8;/h8,10H,3-7H2,1-2H3;1H/t8-;/m0./s1. The van der Waals surface area contributed by atoms with Gasteiger partial charge in [0.05, 0.1) is 0 Å². The molecule has 0 aromatic carbocycles. The van der Waals surface area contributed by atoms with E-state index in [0.717, 1.165) is 19.5 Å². The van der Waals surface area contributed by atoms with Crippen LogP contribution in [0.1, 0.15) is 26.2 Å². The van der Waals surface area contributed by atoms with Crippen LogP contribution >= 0.6 is 12.4 Å². The fraction of sp³-hybridized carbons (Fsp3) is 0.889. The molecule has 0 spiro atoms. The Morgan fingerprint density at radius 3 is 2.77 bits per heavy atom. The van der Waals surface area contributed by atoms with Crippen LogP contribution in [0.25, 0.3) is 0 Å². The van der Waals surface area contributed by atoms with Crippen LogP contribution in [-0.2, 0) is 4.79 Å². The number of nitrogens with zero attached hydrogens (tertiary/aromatic N) is 1. The molecule has 0 unspecified atom stereocenters. The number of carbonyl (C=O) groups is 1. The van der Waals surface area contributed by atoms with Gasteiger partial charge in [0, 0.05) is 26.1 Å². The highest BCUT2D eigenvalue weighted by atomic mass is 35.5. The van der Waals surface area contributed by atoms with Crippen LogP contribution in [0.2, 0.25) is 0 Å². The first-order valence-electron chi connectivity index (χ1n) is 4.72. The Morgan fingerprint density at radius 2 is 2.31 bits per heavy atom. The van der Waals surface area contributed by atoms with Gasteiger partial charge in [0.1, 0.15) is 0 Å². The first-order chi connectivity index (χ1) is 5.75. The van der Waals surface area contributed by atoms with Crippen LogP contribution in [0.15, 0.2) is 0 Å². The monoisotopic (exact) mass is 206 g/mol. The van der Waals surface area contributed by atoms with Crippen molar-refractivity contribution >= 4 is 18.3 Å². The quantitative estimate of drug-likeness (QED) is 0.732. The summed E-state index contributed by atoms with van der Waals surface area (Å²) in [5.41, 5.74) is 0. The van der Waals surface area contributed by atoms with E-state index in [0.29, 0.717) is 12.5 Å². The van der Waals surface area contributed by atoms with Crippen LogP contribution in [0.5, 0.6) is 0 Å². The summed E-state index contributed by atoms with van der Waals surface area (Å²) in [7, 11) is 1.91.